The Kier molecular flexibility index (Phi) is 5.53. The molecule has 0 bridgehead atoms. The molecule has 0 saturated carbocycles. The average Bonchev–Trinajstić information content (AvgIpc) is 3.20. The van der Waals surface area contributed by atoms with Crippen molar-refractivity contribution in [3.63, 3.8) is 0 Å². The predicted octanol–water partition coefficient (Wildman–Crippen LogP) is 3.83. The van der Waals surface area contributed by atoms with Crippen LogP contribution in [0.3, 0.4) is 0 Å². The number of para-hydroxylation sites is 1. The molecule has 0 aliphatic heterocycles. The van der Waals surface area contributed by atoms with Crippen LogP contribution in [0.15, 0.2) is 36.5 Å². The number of nitrogens with one attached hydrogen (secondary N) is 2. The van der Waals surface area contributed by atoms with Crippen molar-refractivity contribution < 1.29 is 18.0 Å². The van der Waals surface area contributed by atoms with Crippen LogP contribution < -0.4 is 5.32 Å². The average molecular weight is 378 g/mol. The summed E-state index contributed by atoms with van der Waals surface area (Å²) in [6.07, 6.45) is -1.02. The zero-order valence-electron chi connectivity index (χ0n) is 14.9. The van der Waals surface area contributed by atoms with E-state index < -0.39 is 11.9 Å². The Bertz CT molecular complexity index is 927. The third-order valence-corrected chi connectivity index (χ3v) is 4.44. The molecule has 0 atom stereocenters. The van der Waals surface area contributed by atoms with E-state index in [1.165, 1.54) is 4.68 Å². The molecular weight excluding hydrogens is 357 g/mol. The molecular formula is C19H21F3N4O. The van der Waals surface area contributed by atoms with Crippen molar-refractivity contribution in [2.45, 2.75) is 38.9 Å². The Labute approximate surface area is 154 Å². The van der Waals surface area contributed by atoms with Gasteiger partial charge in [0.25, 0.3) is 0 Å². The molecule has 8 heteroatoms. The predicted molar refractivity (Wildman–Crippen MR) is 96.2 cm³/mol. The van der Waals surface area contributed by atoms with Crippen LogP contribution in [0, 0.1) is 6.92 Å². The van der Waals surface area contributed by atoms with Crippen molar-refractivity contribution in [2.24, 2.45) is 0 Å². The number of aromatic amines is 1. The fourth-order valence-corrected chi connectivity index (χ4v) is 3.01. The highest BCUT2D eigenvalue weighted by atomic mass is 19.4. The van der Waals surface area contributed by atoms with Crippen LogP contribution >= 0.6 is 0 Å². The first kappa shape index (κ1) is 19.0. The molecule has 2 N–H and O–H groups in total. The zero-order valence-corrected chi connectivity index (χ0v) is 14.9. The van der Waals surface area contributed by atoms with Crippen LogP contribution in [-0.2, 0) is 23.9 Å². The van der Waals surface area contributed by atoms with Gasteiger partial charge in [0, 0.05) is 42.3 Å². The topological polar surface area (TPSA) is 62.7 Å². The molecule has 3 aromatic rings. The Morgan fingerprint density at radius 3 is 2.81 bits per heavy atom. The van der Waals surface area contributed by atoms with Gasteiger partial charge in [-0.3, -0.25) is 9.48 Å². The second-order valence-corrected chi connectivity index (χ2v) is 6.45. The lowest BCUT2D eigenvalue weighted by Crippen LogP contribution is -2.25. The Hall–Kier alpha value is -2.77. The highest BCUT2D eigenvalue weighted by molar-refractivity contribution is 5.84. The van der Waals surface area contributed by atoms with E-state index >= 15 is 0 Å². The SMILES string of the molecule is Cc1cc(C(F)(F)F)nn1CCCNC(=O)CCc1c[nH]c2ccccc12. The Balaban J connectivity index is 1.42. The fraction of sp³-hybridized carbons (Fsp3) is 0.368. The number of halogens is 3. The summed E-state index contributed by atoms with van der Waals surface area (Å²) in [4.78, 5) is 15.2. The first-order chi connectivity index (χ1) is 12.8. The van der Waals surface area contributed by atoms with Gasteiger partial charge in [-0.05, 0) is 37.5 Å². The standard InChI is InChI=1S/C19H21F3N4O/c1-13-11-17(19(20,21)22)25-26(13)10-4-9-23-18(27)8-7-14-12-24-16-6-3-2-5-15(14)16/h2-3,5-6,11-12,24H,4,7-10H2,1H3,(H,23,27). The van der Waals surface area contributed by atoms with Gasteiger partial charge in [0.1, 0.15) is 0 Å². The highest BCUT2D eigenvalue weighted by Crippen LogP contribution is 2.28. The number of aromatic nitrogens is 3. The number of aryl methyl sites for hydroxylation is 3. The van der Waals surface area contributed by atoms with Crippen LogP contribution in [0.25, 0.3) is 10.9 Å². The van der Waals surface area contributed by atoms with E-state index in [4.69, 9.17) is 0 Å². The molecule has 3 rings (SSSR count). The molecule has 0 unspecified atom stereocenters. The van der Waals surface area contributed by atoms with Crippen LogP contribution in [0.5, 0.6) is 0 Å². The van der Waals surface area contributed by atoms with Crippen molar-refractivity contribution in [3.8, 4) is 0 Å². The van der Waals surface area contributed by atoms with Gasteiger partial charge in [0.05, 0.1) is 0 Å². The van der Waals surface area contributed by atoms with Gasteiger partial charge in [0.15, 0.2) is 5.69 Å². The minimum Gasteiger partial charge on any atom is -0.361 e. The van der Waals surface area contributed by atoms with Crippen molar-refractivity contribution in [1.82, 2.24) is 20.1 Å². The van der Waals surface area contributed by atoms with Crippen LogP contribution in [0.4, 0.5) is 13.2 Å². The number of nitrogens with zero attached hydrogens (tertiary/aromatic N) is 2. The minimum absolute atomic E-state index is 0.0755. The largest absolute Gasteiger partial charge is 0.435 e. The van der Waals surface area contributed by atoms with Crippen LogP contribution in [0.2, 0.25) is 0 Å². The molecule has 0 spiro atoms. The fourth-order valence-electron chi connectivity index (χ4n) is 3.01. The maximum atomic E-state index is 12.6. The van der Waals surface area contributed by atoms with Gasteiger partial charge >= 0.3 is 6.18 Å². The number of benzene rings is 1. The molecule has 0 aliphatic carbocycles. The number of rotatable bonds is 7. The monoisotopic (exact) mass is 378 g/mol. The van der Waals surface area contributed by atoms with Crippen molar-refractivity contribution >= 4 is 16.8 Å². The van der Waals surface area contributed by atoms with E-state index in [2.05, 4.69) is 15.4 Å². The van der Waals surface area contributed by atoms with Gasteiger partial charge in [-0.25, -0.2) is 0 Å². The van der Waals surface area contributed by atoms with E-state index in [0.717, 1.165) is 22.5 Å². The normalized spacial score (nSPS) is 11.9. The summed E-state index contributed by atoms with van der Waals surface area (Å²) in [5, 5.41) is 7.49. The Morgan fingerprint density at radius 2 is 2.07 bits per heavy atom. The minimum atomic E-state index is -4.44. The number of H-pyrrole nitrogens is 1. The summed E-state index contributed by atoms with van der Waals surface area (Å²) in [7, 11) is 0. The molecule has 0 aliphatic rings. The first-order valence-corrected chi connectivity index (χ1v) is 8.78. The van der Waals surface area contributed by atoms with Gasteiger partial charge in [-0.1, -0.05) is 18.2 Å². The summed E-state index contributed by atoms with van der Waals surface area (Å²) >= 11 is 0. The molecule has 0 saturated heterocycles. The number of alkyl halides is 3. The molecule has 2 aromatic heterocycles. The van der Waals surface area contributed by atoms with Crippen LogP contribution in [-0.4, -0.2) is 27.2 Å². The number of carbonyl (C=O) groups excluding carboxylic acids is 1. The molecule has 144 valence electrons. The Morgan fingerprint density at radius 1 is 1.30 bits per heavy atom. The number of hydrogen-bond acceptors (Lipinski definition) is 2. The molecule has 27 heavy (non-hydrogen) atoms. The second kappa shape index (κ2) is 7.85. The van der Waals surface area contributed by atoms with E-state index in [-0.39, 0.29) is 5.91 Å². The smallest absolute Gasteiger partial charge is 0.361 e. The van der Waals surface area contributed by atoms with Gasteiger partial charge < -0.3 is 10.3 Å². The summed E-state index contributed by atoms with van der Waals surface area (Å²) < 4.78 is 39.2. The summed E-state index contributed by atoms with van der Waals surface area (Å²) in [5.74, 6) is -0.0755. The van der Waals surface area contributed by atoms with E-state index in [1.807, 2.05) is 30.5 Å². The number of amides is 1. The van der Waals surface area contributed by atoms with E-state index in [1.54, 1.807) is 6.92 Å². The number of carbonyl (C=O) groups is 1. The van der Waals surface area contributed by atoms with Gasteiger partial charge in [-0.2, -0.15) is 18.3 Å². The highest BCUT2D eigenvalue weighted by Gasteiger charge is 2.34. The molecule has 1 amide bonds. The summed E-state index contributed by atoms with van der Waals surface area (Å²) in [6, 6.07) is 8.94. The third-order valence-electron chi connectivity index (χ3n) is 4.44. The quantitative estimate of drug-likeness (QED) is 0.614. The lowest BCUT2D eigenvalue weighted by Gasteiger charge is -2.07. The number of hydrogen-bond donors (Lipinski definition) is 2. The van der Waals surface area contributed by atoms with Crippen molar-refractivity contribution in [3.05, 3.63) is 53.5 Å². The summed E-state index contributed by atoms with van der Waals surface area (Å²) in [5.41, 5.74) is 1.70. The van der Waals surface area contributed by atoms with Gasteiger partial charge in [0.2, 0.25) is 5.91 Å². The first-order valence-electron chi connectivity index (χ1n) is 8.78. The molecule has 0 radical (unpaired) electrons. The third kappa shape index (κ3) is 4.69. The van der Waals surface area contributed by atoms with Crippen molar-refractivity contribution in [1.29, 1.82) is 0 Å². The summed E-state index contributed by atoms with van der Waals surface area (Å²) in [6.45, 7) is 2.31. The van der Waals surface area contributed by atoms with Crippen molar-refractivity contribution in [2.75, 3.05) is 6.54 Å². The molecule has 5 nitrogen and oxygen atoms in total. The molecule has 0 fully saturated rings. The van der Waals surface area contributed by atoms with E-state index in [9.17, 15) is 18.0 Å². The van der Waals surface area contributed by atoms with Crippen LogP contribution in [0.1, 0.15) is 29.8 Å². The maximum absolute atomic E-state index is 12.6. The second-order valence-electron chi connectivity index (χ2n) is 6.45. The molecule has 1 aromatic carbocycles. The number of fused-ring (bicyclic) bond motifs is 1. The maximum Gasteiger partial charge on any atom is 0.435 e. The lowest BCUT2D eigenvalue weighted by molar-refractivity contribution is -0.141. The van der Waals surface area contributed by atoms with Gasteiger partial charge in [-0.15, -0.1) is 0 Å². The molecule has 2 heterocycles. The zero-order chi connectivity index (χ0) is 19.4. The lowest BCUT2D eigenvalue weighted by atomic mass is 10.1. The van der Waals surface area contributed by atoms with E-state index in [0.29, 0.717) is 38.0 Å².